The van der Waals surface area contributed by atoms with Gasteiger partial charge in [-0.05, 0) is 19.3 Å². The Labute approximate surface area is 62.7 Å². The molecule has 0 aromatic heterocycles. The molecular formula is C8H17NO. The molecule has 60 valence electrons. The van der Waals surface area contributed by atoms with Crippen LogP contribution in [0.15, 0.2) is 0 Å². The maximum atomic E-state index is 5.50. The van der Waals surface area contributed by atoms with Crippen molar-refractivity contribution in [2.75, 3.05) is 13.2 Å². The summed E-state index contributed by atoms with van der Waals surface area (Å²) in [5.41, 5.74) is 5.50. The van der Waals surface area contributed by atoms with E-state index in [9.17, 15) is 0 Å². The molecule has 0 radical (unpaired) electrons. The molecule has 0 unspecified atom stereocenters. The van der Waals surface area contributed by atoms with Crippen molar-refractivity contribution >= 4 is 0 Å². The Morgan fingerprint density at radius 3 is 2.80 bits per heavy atom. The van der Waals surface area contributed by atoms with Crippen molar-refractivity contribution in [1.82, 2.24) is 0 Å². The van der Waals surface area contributed by atoms with Gasteiger partial charge >= 0.3 is 0 Å². The normalized spacial score (nSPS) is 21.0. The fourth-order valence-electron chi connectivity index (χ4n) is 0.926. The highest BCUT2D eigenvalue weighted by molar-refractivity contribution is 4.72. The van der Waals surface area contributed by atoms with Crippen molar-refractivity contribution in [1.29, 1.82) is 0 Å². The molecule has 1 fully saturated rings. The van der Waals surface area contributed by atoms with Gasteiger partial charge in [-0.25, -0.2) is 0 Å². The molecule has 0 aromatic carbocycles. The second-order valence-electron chi connectivity index (χ2n) is 3.28. The van der Waals surface area contributed by atoms with Gasteiger partial charge in [-0.1, -0.05) is 12.8 Å². The number of nitrogens with two attached hydrogens (primary N) is 1. The third-order valence-corrected chi connectivity index (χ3v) is 1.75. The van der Waals surface area contributed by atoms with E-state index in [1.54, 1.807) is 0 Å². The van der Waals surface area contributed by atoms with Crippen LogP contribution in [0.1, 0.15) is 26.2 Å². The fourth-order valence-corrected chi connectivity index (χ4v) is 0.926. The van der Waals surface area contributed by atoms with Crippen LogP contribution < -0.4 is 5.73 Å². The molecule has 0 bridgehead atoms. The zero-order valence-corrected chi connectivity index (χ0v) is 6.68. The minimum absolute atomic E-state index is 0.194. The molecule has 2 N–H and O–H groups in total. The molecule has 1 aliphatic rings. The standard InChI is InChI=1S/C8H17NO/c1-7(9)6-10-5-4-8-2-3-8/h7-8H,2-6,9H2,1H3/t7-/m0/s1. The first-order chi connectivity index (χ1) is 4.79. The molecule has 0 heterocycles. The average Bonchev–Trinajstić information content (AvgIpc) is 2.62. The van der Waals surface area contributed by atoms with Crippen LogP contribution in [0.3, 0.4) is 0 Å². The Morgan fingerprint density at radius 1 is 1.60 bits per heavy atom. The molecule has 1 aliphatic carbocycles. The van der Waals surface area contributed by atoms with Gasteiger partial charge < -0.3 is 10.5 Å². The van der Waals surface area contributed by atoms with E-state index in [2.05, 4.69) is 0 Å². The van der Waals surface area contributed by atoms with Crippen molar-refractivity contribution < 1.29 is 4.74 Å². The van der Waals surface area contributed by atoms with E-state index in [1.807, 2.05) is 6.92 Å². The molecule has 2 nitrogen and oxygen atoms in total. The van der Waals surface area contributed by atoms with Gasteiger partial charge in [0, 0.05) is 12.6 Å². The van der Waals surface area contributed by atoms with Crippen LogP contribution in [-0.4, -0.2) is 19.3 Å². The number of hydrogen-bond acceptors (Lipinski definition) is 2. The quantitative estimate of drug-likeness (QED) is 0.586. The molecule has 0 spiro atoms. The summed E-state index contributed by atoms with van der Waals surface area (Å²) in [5, 5.41) is 0. The highest BCUT2D eigenvalue weighted by Gasteiger charge is 2.20. The first-order valence-electron chi connectivity index (χ1n) is 4.12. The van der Waals surface area contributed by atoms with Crippen LogP contribution in [0.4, 0.5) is 0 Å². The summed E-state index contributed by atoms with van der Waals surface area (Å²) in [6.45, 7) is 3.59. The predicted molar refractivity (Wildman–Crippen MR) is 41.8 cm³/mol. The highest BCUT2D eigenvalue weighted by Crippen LogP contribution is 2.31. The van der Waals surface area contributed by atoms with Gasteiger partial charge in [0.05, 0.1) is 6.61 Å². The van der Waals surface area contributed by atoms with Gasteiger partial charge in [0.2, 0.25) is 0 Å². The Hall–Kier alpha value is -0.0800. The maximum absolute atomic E-state index is 5.50. The van der Waals surface area contributed by atoms with Gasteiger partial charge in [-0.2, -0.15) is 0 Å². The Balaban J connectivity index is 1.76. The Bertz CT molecular complexity index is 85.3. The molecule has 0 aliphatic heterocycles. The molecule has 1 atom stereocenters. The van der Waals surface area contributed by atoms with Crippen molar-refractivity contribution in [3.63, 3.8) is 0 Å². The summed E-state index contributed by atoms with van der Waals surface area (Å²) in [6, 6.07) is 0.194. The van der Waals surface area contributed by atoms with E-state index in [-0.39, 0.29) is 6.04 Å². The van der Waals surface area contributed by atoms with E-state index in [0.29, 0.717) is 6.61 Å². The van der Waals surface area contributed by atoms with Crippen LogP contribution in [-0.2, 0) is 4.74 Å². The zero-order chi connectivity index (χ0) is 7.40. The lowest BCUT2D eigenvalue weighted by Crippen LogP contribution is -2.22. The molecule has 0 aromatic rings. The number of ether oxygens (including phenoxy) is 1. The smallest absolute Gasteiger partial charge is 0.0614 e. The van der Waals surface area contributed by atoms with Crippen molar-refractivity contribution in [2.45, 2.75) is 32.2 Å². The summed E-state index contributed by atoms with van der Waals surface area (Å²) in [5.74, 6) is 0.980. The average molecular weight is 143 g/mol. The summed E-state index contributed by atoms with van der Waals surface area (Å²) in [7, 11) is 0. The van der Waals surface area contributed by atoms with Crippen LogP contribution in [0.2, 0.25) is 0 Å². The minimum Gasteiger partial charge on any atom is -0.380 e. The van der Waals surface area contributed by atoms with Crippen molar-refractivity contribution in [3.8, 4) is 0 Å². The van der Waals surface area contributed by atoms with Crippen LogP contribution in [0.25, 0.3) is 0 Å². The molecule has 0 amide bonds. The second kappa shape index (κ2) is 3.94. The minimum atomic E-state index is 0.194. The van der Waals surface area contributed by atoms with Gasteiger partial charge in [0.1, 0.15) is 0 Å². The fraction of sp³-hybridized carbons (Fsp3) is 1.00. The van der Waals surface area contributed by atoms with Crippen LogP contribution in [0, 0.1) is 5.92 Å². The molecule has 1 saturated carbocycles. The largest absolute Gasteiger partial charge is 0.380 e. The lowest BCUT2D eigenvalue weighted by molar-refractivity contribution is 0.119. The monoisotopic (exact) mass is 143 g/mol. The summed E-state index contributed by atoms with van der Waals surface area (Å²) < 4.78 is 5.32. The summed E-state index contributed by atoms with van der Waals surface area (Å²) in [4.78, 5) is 0. The predicted octanol–water partition coefficient (Wildman–Crippen LogP) is 1.15. The van der Waals surface area contributed by atoms with E-state index in [0.717, 1.165) is 12.5 Å². The van der Waals surface area contributed by atoms with E-state index in [4.69, 9.17) is 10.5 Å². The maximum Gasteiger partial charge on any atom is 0.0614 e. The first-order valence-corrected chi connectivity index (χ1v) is 4.12. The zero-order valence-electron chi connectivity index (χ0n) is 6.68. The molecule has 2 heteroatoms. The van der Waals surface area contributed by atoms with Crippen molar-refractivity contribution in [3.05, 3.63) is 0 Å². The molecule has 1 rings (SSSR count). The second-order valence-corrected chi connectivity index (χ2v) is 3.28. The van der Waals surface area contributed by atoms with Crippen LogP contribution >= 0.6 is 0 Å². The third-order valence-electron chi connectivity index (χ3n) is 1.75. The molecule has 10 heavy (non-hydrogen) atoms. The summed E-state index contributed by atoms with van der Waals surface area (Å²) >= 11 is 0. The van der Waals surface area contributed by atoms with Gasteiger partial charge in [0.15, 0.2) is 0 Å². The number of rotatable bonds is 5. The van der Waals surface area contributed by atoms with Gasteiger partial charge in [0.25, 0.3) is 0 Å². The molecule has 0 saturated heterocycles. The Kier molecular flexibility index (Phi) is 3.16. The summed E-state index contributed by atoms with van der Waals surface area (Å²) in [6.07, 6.45) is 4.08. The lowest BCUT2D eigenvalue weighted by atomic mass is 10.3. The lowest BCUT2D eigenvalue weighted by Gasteiger charge is -2.05. The topological polar surface area (TPSA) is 35.2 Å². The van der Waals surface area contributed by atoms with Gasteiger partial charge in [-0.15, -0.1) is 0 Å². The van der Waals surface area contributed by atoms with Crippen molar-refractivity contribution in [2.24, 2.45) is 11.7 Å². The highest BCUT2D eigenvalue weighted by atomic mass is 16.5. The molecular weight excluding hydrogens is 126 g/mol. The van der Waals surface area contributed by atoms with Crippen LogP contribution in [0.5, 0.6) is 0 Å². The van der Waals surface area contributed by atoms with Gasteiger partial charge in [-0.3, -0.25) is 0 Å². The SMILES string of the molecule is C[C@H](N)COCCC1CC1. The first kappa shape index (κ1) is 8.02. The van der Waals surface area contributed by atoms with E-state index in [1.165, 1.54) is 19.3 Å². The van der Waals surface area contributed by atoms with E-state index < -0.39 is 0 Å². The third kappa shape index (κ3) is 3.85. The number of hydrogen-bond donors (Lipinski definition) is 1. The Morgan fingerprint density at radius 2 is 2.30 bits per heavy atom. The van der Waals surface area contributed by atoms with E-state index >= 15 is 0 Å².